The molecule has 2 aromatic carbocycles. The normalized spacial score (nSPS) is 13.1. The van der Waals surface area contributed by atoms with E-state index in [0.29, 0.717) is 12.2 Å². The number of methoxy groups -OCH3 is 1. The number of hydrogen-bond donors (Lipinski definition) is 0. The number of halogens is 1. The molecule has 1 unspecified atom stereocenters. The highest BCUT2D eigenvalue weighted by Gasteiger charge is 2.28. The second-order valence-electron chi connectivity index (χ2n) is 5.36. The van der Waals surface area contributed by atoms with Crippen molar-refractivity contribution in [2.45, 2.75) is 24.3 Å². The Morgan fingerprint density at radius 1 is 1.17 bits per heavy atom. The van der Waals surface area contributed by atoms with Crippen LogP contribution in [0.3, 0.4) is 0 Å². The molecule has 0 fully saturated rings. The molecule has 0 bridgehead atoms. The van der Waals surface area contributed by atoms with E-state index in [1.165, 1.54) is 36.7 Å². The SMILES string of the molecule is COc1ccccc1S(=O)(=O)N(C)C(C)Cc1cccc(F)c1. The van der Waals surface area contributed by atoms with Crippen molar-refractivity contribution >= 4 is 10.0 Å². The van der Waals surface area contributed by atoms with E-state index in [-0.39, 0.29) is 16.8 Å². The molecular weight excluding hydrogens is 317 g/mol. The number of para-hydroxylation sites is 1. The first-order valence-corrected chi connectivity index (χ1v) is 8.65. The van der Waals surface area contributed by atoms with Gasteiger partial charge in [0.2, 0.25) is 10.0 Å². The zero-order valence-electron chi connectivity index (χ0n) is 13.4. The maximum Gasteiger partial charge on any atom is 0.246 e. The zero-order chi connectivity index (χ0) is 17.0. The second kappa shape index (κ2) is 7.10. The fraction of sp³-hybridized carbons (Fsp3) is 0.294. The highest BCUT2D eigenvalue weighted by Crippen LogP contribution is 2.27. The molecule has 124 valence electrons. The van der Waals surface area contributed by atoms with Crippen molar-refractivity contribution in [3.63, 3.8) is 0 Å². The van der Waals surface area contributed by atoms with Crippen molar-refractivity contribution in [1.82, 2.24) is 4.31 Å². The van der Waals surface area contributed by atoms with E-state index in [4.69, 9.17) is 4.74 Å². The second-order valence-corrected chi connectivity index (χ2v) is 7.32. The van der Waals surface area contributed by atoms with Gasteiger partial charge in [0.15, 0.2) is 0 Å². The fourth-order valence-corrected chi connectivity index (χ4v) is 3.87. The van der Waals surface area contributed by atoms with E-state index in [1.54, 1.807) is 37.3 Å². The van der Waals surface area contributed by atoms with Crippen LogP contribution in [0.4, 0.5) is 4.39 Å². The summed E-state index contributed by atoms with van der Waals surface area (Å²) in [5.74, 6) is -0.0257. The number of rotatable bonds is 6. The Labute approximate surface area is 136 Å². The molecule has 0 heterocycles. The Hall–Kier alpha value is -1.92. The number of ether oxygens (including phenoxy) is 1. The smallest absolute Gasteiger partial charge is 0.246 e. The highest BCUT2D eigenvalue weighted by atomic mass is 32.2. The standard InChI is InChI=1S/C17H20FNO3S/c1-13(11-14-7-6-8-15(18)12-14)19(2)23(20,21)17-10-5-4-9-16(17)22-3/h4-10,12-13H,11H2,1-3H3. The Bertz CT molecular complexity index is 777. The molecule has 0 saturated heterocycles. The van der Waals surface area contributed by atoms with Crippen molar-refractivity contribution < 1.29 is 17.5 Å². The minimum absolute atomic E-state index is 0.121. The molecule has 4 nitrogen and oxygen atoms in total. The molecule has 0 aliphatic heterocycles. The van der Waals surface area contributed by atoms with Gasteiger partial charge in [-0.25, -0.2) is 12.8 Å². The molecule has 0 aliphatic carbocycles. The van der Waals surface area contributed by atoms with Crippen LogP contribution in [0.15, 0.2) is 53.4 Å². The maximum absolute atomic E-state index is 13.3. The van der Waals surface area contributed by atoms with Crippen LogP contribution in [0.5, 0.6) is 5.75 Å². The predicted molar refractivity (Wildman–Crippen MR) is 87.5 cm³/mol. The minimum Gasteiger partial charge on any atom is -0.495 e. The Balaban J connectivity index is 2.25. The summed E-state index contributed by atoms with van der Waals surface area (Å²) >= 11 is 0. The first-order valence-electron chi connectivity index (χ1n) is 7.21. The Morgan fingerprint density at radius 2 is 1.87 bits per heavy atom. The molecule has 6 heteroatoms. The average molecular weight is 337 g/mol. The number of hydrogen-bond acceptors (Lipinski definition) is 3. The van der Waals surface area contributed by atoms with Crippen molar-refractivity contribution in [1.29, 1.82) is 0 Å². The number of benzene rings is 2. The molecule has 23 heavy (non-hydrogen) atoms. The van der Waals surface area contributed by atoms with Crippen molar-refractivity contribution in [2.24, 2.45) is 0 Å². The number of sulfonamides is 1. The molecule has 0 aromatic heterocycles. The summed E-state index contributed by atoms with van der Waals surface area (Å²) in [6.07, 6.45) is 0.419. The first kappa shape index (κ1) is 17.4. The molecule has 0 radical (unpaired) electrons. The molecule has 0 spiro atoms. The third-order valence-electron chi connectivity index (χ3n) is 3.77. The first-order chi connectivity index (χ1) is 10.9. The molecule has 2 rings (SSSR count). The summed E-state index contributed by atoms with van der Waals surface area (Å²) in [6, 6.07) is 12.3. The highest BCUT2D eigenvalue weighted by molar-refractivity contribution is 7.89. The lowest BCUT2D eigenvalue weighted by atomic mass is 10.1. The van der Waals surface area contributed by atoms with Gasteiger partial charge >= 0.3 is 0 Å². The quantitative estimate of drug-likeness (QED) is 0.814. The van der Waals surface area contributed by atoms with Crippen LogP contribution in [-0.2, 0) is 16.4 Å². The maximum atomic E-state index is 13.3. The van der Waals surface area contributed by atoms with Gasteiger partial charge in [0.25, 0.3) is 0 Å². The molecule has 1 atom stereocenters. The molecule has 0 aliphatic rings. The number of nitrogens with zero attached hydrogens (tertiary/aromatic N) is 1. The average Bonchev–Trinajstić information content (AvgIpc) is 2.54. The van der Waals surface area contributed by atoms with Gasteiger partial charge in [0, 0.05) is 13.1 Å². The van der Waals surface area contributed by atoms with Crippen molar-refractivity contribution in [3.05, 3.63) is 59.9 Å². The Morgan fingerprint density at radius 3 is 2.52 bits per heavy atom. The van der Waals surface area contributed by atoms with Crippen molar-refractivity contribution in [3.8, 4) is 5.75 Å². The van der Waals surface area contributed by atoms with Crippen LogP contribution in [0.2, 0.25) is 0 Å². The van der Waals surface area contributed by atoms with E-state index in [9.17, 15) is 12.8 Å². The monoisotopic (exact) mass is 337 g/mol. The van der Waals surface area contributed by atoms with E-state index in [0.717, 1.165) is 5.56 Å². The van der Waals surface area contributed by atoms with Gasteiger partial charge in [-0.3, -0.25) is 0 Å². The van der Waals surface area contributed by atoms with Crippen LogP contribution in [-0.4, -0.2) is 32.9 Å². The van der Waals surface area contributed by atoms with Gasteiger partial charge < -0.3 is 4.74 Å². The van der Waals surface area contributed by atoms with Gasteiger partial charge in [-0.1, -0.05) is 24.3 Å². The number of likely N-dealkylation sites (N-methyl/N-ethyl adjacent to an activating group) is 1. The minimum atomic E-state index is -3.70. The molecule has 0 saturated carbocycles. The van der Waals surface area contributed by atoms with Gasteiger partial charge in [-0.15, -0.1) is 0 Å². The van der Waals surface area contributed by atoms with Crippen LogP contribution >= 0.6 is 0 Å². The molecule has 2 aromatic rings. The fourth-order valence-electron chi connectivity index (χ4n) is 2.36. The summed E-state index contributed by atoms with van der Waals surface area (Å²) in [7, 11) is -0.742. The van der Waals surface area contributed by atoms with Crippen LogP contribution in [0.1, 0.15) is 12.5 Å². The largest absolute Gasteiger partial charge is 0.495 e. The molecule has 0 amide bonds. The summed E-state index contributed by atoms with van der Waals surface area (Å²) in [4.78, 5) is 0.121. The van der Waals surface area contributed by atoms with Crippen LogP contribution in [0, 0.1) is 5.82 Å². The lowest BCUT2D eigenvalue weighted by Gasteiger charge is -2.25. The van der Waals surface area contributed by atoms with E-state index >= 15 is 0 Å². The van der Waals surface area contributed by atoms with Crippen molar-refractivity contribution in [2.75, 3.05) is 14.2 Å². The summed E-state index contributed by atoms with van der Waals surface area (Å²) < 4.78 is 45.3. The van der Waals surface area contributed by atoms with E-state index in [2.05, 4.69) is 0 Å². The molecule has 0 N–H and O–H groups in total. The molecular formula is C17H20FNO3S. The zero-order valence-corrected chi connectivity index (χ0v) is 14.2. The third-order valence-corrected chi connectivity index (χ3v) is 5.78. The van der Waals surface area contributed by atoms with E-state index < -0.39 is 10.0 Å². The predicted octanol–water partition coefficient (Wildman–Crippen LogP) is 3.09. The lowest BCUT2D eigenvalue weighted by Crippen LogP contribution is -2.36. The topological polar surface area (TPSA) is 46.6 Å². The van der Waals surface area contributed by atoms with Gasteiger partial charge in [-0.05, 0) is 43.2 Å². The van der Waals surface area contributed by atoms with Crippen LogP contribution in [0.25, 0.3) is 0 Å². The summed E-state index contributed by atoms with van der Waals surface area (Å²) in [5.41, 5.74) is 0.750. The summed E-state index contributed by atoms with van der Waals surface area (Å²) in [5, 5.41) is 0. The van der Waals surface area contributed by atoms with E-state index in [1.807, 2.05) is 0 Å². The van der Waals surface area contributed by atoms with Crippen LogP contribution < -0.4 is 4.74 Å². The third kappa shape index (κ3) is 3.89. The van der Waals surface area contributed by atoms with Gasteiger partial charge in [0.1, 0.15) is 16.5 Å². The van der Waals surface area contributed by atoms with Gasteiger partial charge in [-0.2, -0.15) is 4.31 Å². The Kier molecular flexibility index (Phi) is 5.38. The lowest BCUT2D eigenvalue weighted by molar-refractivity contribution is 0.375. The van der Waals surface area contributed by atoms with Gasteiger partial charge in [0.05, 0.1) is 7.11 Å². The summed E-state index contributed by atoms with van der Waals surface area (Å²) in [6.45, 7) is 1.79.